The van der Waals surface area contributed by atoms with Crippen molar-refractivity contribution in [3.63, 3.8) is 0 Å². The van der Waals surface area contributed by atoms with Crippen LogP contribution in [0.3, 0.4) is 0 Å². The molecule has 6 rings (SSSR count). The van der Waals surface area contributed by atoms with Crippen LogP contribution in [-0.2, 0) is 20.4 Å². The van der Waals surface area contributed by atoms with Gasteiger partial charge in [0.15, 0.2) is 0 Å². The molecular weight excluding hydrogens is 432 g/mol. The Labute approximate surface area is 199 Å². The molecular formula is C26H30N4O4. The molecule has 2 aromatic carbocycles. The summed E-state index contributed by atoms with van der Waals surface area (Å²) in [6.07, 6.45) is 1.12. The maximum atomic E-state index is 12.8. The van der Waals surface area contributed by atoms with Gasteiger partial charge in [-0.25, -0.2) is 0 Å². The van der Waals surface area contributed by atoms with Crippen LogP contribution in [0.5, 0.6) is 11.5 Å². The highest BCUT2D eigenvalue weighted by atomic mass is 16.5. The molecule has 4 aliphatic heterocycles. The highest BCUT2D eigenvalue weighted by Crippen LogP contribution is 2.67. The average Bonchev–Trinajstić information content (AvgIpc) is 3.54. The Balaban J connectivity index is 1.66. The Morgan fingerprint density at radius 3 is 1.56 bits per heavy atom. The van der Waals surface area contributed by atoms with E-state index in [1.54, 1.807) is 28.1 Å². The minimum absolute atomic E-state index is 0.0466. The van der Waals surface area contributed by atoms with Crippen molar-refractivity contribution in [1.82, 2.24) is 9.80 Å². The van der Waals surface area contributed by atoms with Crippen molar-refractivity contribution in [1.29, 1.82) is 0 Å². The molecule has 34 heavy (non-hydrogen) atoms. The number of likely N-dealkylation sites (tertiary alicyclic amines) is 2. The first kappa shape index (κ1) is 21.1. The summed E-state index contributed by atoms with van der Waals surface area (Å²) in [4.78, 5) is 29.5. The van der Waals surface area contributed by atoms with Crippen molar-refractivity contribution in [3.05, 3.63) is 47.5 Å². The van der Waals surface area contributed by atoms with Crippen LogP contribution in [0.4, 0.5) is 11.4 Å². The van der Waals surface area contributed by atoms with E-state index in [9.17, 15) is 9.59 Å². The van der Waals surface area contributed by atoms with E-state index in [0.717, 1.165) is 46.8 Å². The Bertz CT molecular complexity index is 1120. The molecule has 0 aromatic heterocycles. The fourth-order valence-electron chi connectivity index (χ4n) is 7.30. The number of hydrogen-bond donors (Lipinski definition) is 2. The lowest BCUT2D eigenvalue weighted by atomic mass is 9.55. The van der Waals surface area contributed by atoms with Crippen LogP contribution in [0.25, 0.3) is 0 Å². The number of carbonyl (C=O) groups excluding carboxylic acids is 2. The summed E-state index contributed by atoms with van der Waals surface area (Å²) in [6, 6.07) is 12.2. The van der Waals surface area contributed by atoms with E-state index < -0.39 is 10.8 Å². The third kappa shape index (κ3) is 2.38. The lowest BCUT2D eigenvalue weighted by Crippen LogP contribution is -2.61. The zero-order valence-electron chi connectivity index (χ0n) is 20.0. The molecule has 2 amide bonds. The SMILES string of the molecule is COc1ccc2c(c1)[C@@]1([C@]34CCN(C(C)=O)[C@H]3Nc3ccc(OC)cc34)CCN(C(C)=O)[C@H]1N2. The molecule has 2 saturated heterocycles. The number of methoxy groups -OCH3 is 2. The normalized spacial score (nSPS) is 30.1. The van der Waals surface area contributed by atoms with Crippen LogP contribution in [0.15, 0.2) is 36.4 Å². The monoisotopic (exact) mass is 462 g/mol. The number of amides is 2. The standard InChI is InChI=1S/C26H30N4O4/c1-15(31)29-11-9-25(19-13-17(33-3)5-7-21(19)27-23(25)29)26-10-12-30(16(2)32)24(26)28-22-8-6-18(34-4)14-20(22)26/h5-8,13-14,23-24,27-28H,9-12H2,1-4H3/t23-,24-,25+,26+/m1/s1. The third-order valence-electron chi connectivity index (χ3n) is 8.66. The number of hydrogen-bond acceptors (Lipinski definition) is 6. The maximum Gasteiger partial charge on any atom is 0.221 e. The molecule has 0 unspecified atom stereocenters. The first-order chi connectivity index (χ1) is 16.4. The number of nitrogens with one attached hydrogen (secondary N) is 2. The Morgan fingerprint density at radius 1 is 0.794 bits per heavy atom. The zero-order valence-corrected chi connectivity index (χ0v) is 20.0. The summed E-state index contributed by atoms with van der Waals surface area (Å²) >= 11 is 0. The van der Waals surface area contributed by atoms with Crippen molar-refractivity contribution in [2.45, 2.75) is 49.9 Å². The van der Waals surface area contributed by atoms with Crippen molar-refractivity contribution in [3.8, 4) is 11.5 Å². The van der Waals surface area contributed by atoms with Crippen LogP contribution in [0.1, 0.15) is 37.8 Å². The highest BCUT2D eigenvalue weighted by Gasteiger charge is 2.72. The summed E-state index contributed by atoms with van der Waals surface area (Å²) in [7, 11) is 3.35. The number of benzene rings is 2. The zero-order chi connectivity index (χ0) is 23.8. The second-order valence-corrected chi connectivity index (χ2v) is 9.78. The molecule has 0 saturated carbocycles. The van der Waals surface area contributed by atoms with E-state index in [0.29, 0.717) is 13.1 Å². The van der Waals surface area contributed by atoms with Crippen LogP contribution in [-0.4, -0.2) is 61.3 Å². The molecule has 4 aliphatic rings. The highest BCUT2D eigenvalue weighted by molar-refractivity contribution is 5.82. The van der Waals surface area contributed by atoms with Gasteiger partial charge in [-0.05, 0) is 60.4 Å². The van der Waals surface area contributed by atoms with Crippen LogP contribution >= 0.6 is 0 Å². The summed E-state index contributed by atoms with van der Waals surface area (Å²) in [5.74, 6) is 1.66. The fraction of sp³-hybridized carbons (Fsp3) is 0.462. The molecule has 4 heterocycles. The number of nitrogens with zero attached hydrogens (tertiary/aromatic N) is 2. The van der Waals surface area contributed by atoms with Crippen LogP contribution < -0.4 is 20.1 Å². The van der Waals surface area contributed by atoms with E-state index in [2.05, 4.69) is 22.8 Å². The quantitative estimate of drug-likeness (QED) is 0.730. The van der Waals surface area contributed by atoms with Gasteiger partial charge in [-0.2, -0.15) is 0 Å². The van der Waals surface area contributed by atoms with Crippen molar-refractivity contribution in [2.24, 2.45) is 0 Å². The van der Waals surface area contributed by atoms with Gasteiger partial charge in [0, 0.05) is 38.3 Å². The summed E-state index contributed by atoms with van der Waals surface area (Å²) in [5, 5.41) is 7.39. The Kier molecular flexibility index (Phi) is 4.38. The minimum Gasteiger partial charge on any atom is -0.497 e. The molecule has 2 N–H and O–H groups in total. The van der Waals surface area contributed by atoms with E-state index in [1.165, 1.54) is 0 Å². The third-order valence-corrected chi connectivity index (χ3v) is 8.66. The Morgan fingerprint density at radius 2 is 1.21 bits per heavy atom. The van der Waals surface area contributed by atoms with Gasteiger partial charge in [0.05, 0.1) is 25.0 Å². The van der Waals surface area contributed by atoms with E-state index in [4.69, 9.17) is 9.47 Å². The summed E-state index contributed by atoms with van der Waals surface area (Å²) < 4.78 is 11.3. The lowest BCUT2D eigenvalue weighted by Gasteiger charge is -2.48. The number of rotatable bonds is 3. The Hall–Kier alpha value is -3.42. The molecule has 8 heteroatoms. The number of ether oxygens (including phenoxy) is 2. The van der Waals surface area contributed by atoms with E-state index >= 15 is 0 Å². The smallest absolute Gasteiger partial charge is 0.221 e. The van der Waals surface area contributed by atoms with Gasteiger partial charge in [0.25, 0.3) is 0 Å². The van der Waals surface area contributed by atoms with Gasteiger partial charge in [-0.15, -0.1) is 0 Å². The number of fused-ring (bicyclic) bond motifs is 7. The average molecular weight is 463 g/mol. The predicted molar refractivity (Wildman–Crippen MR) is 128 cm³/mol. The number of carbonyl (C=O) groups is 2. The molecule has 4 atom stereocenters. The molecule has 0 aliphatic carbocycles. The molecule has 0 radical (unpaired) electrons. The first-order valence-corrected chi connectivity index (χ1v) is 11.8. The summed E-state index contributed by atoms with van der Waals surface area (Å²) in [6.45, 7) is 4.57. The molecule has 8 nitrogen and oxygen atoms in total. The van der Waals surface area contributed by atoms with Crippen molar-refractivity contribution < 1.29 is 19.1 Å². The van der Waals surface area contributed by atoms with E-state index in [-0.39, 0.29) is 24.1 Å². The van der Waals surface area contributed by atoms with Gasteiger partial charge in [-0.1, -0.05) is 0 Å². The molecule has 2 aromatic rings. The second kappa shape index (κ2) is 7.04. The first-order valence-electron chi connectivity index (χ1n) is 11.8. The van der Waals surface area contributed by atoms with Crippen LogP contribution in [0, 0.1) is 0 Å². The van der Waals surface area contributed by atoms with Gasteiger partial charge in [0.2, 0.25) is 11.8 Å². The molecule has 178 valence electrons. The van der Waals surface area contributed by atoms with Crippen molar-refractivity contribution >= 4 is 23.2 Å². The predicted octanol–water partition coefficient (Wildman–Crippen LogP) is 2.89. The maximum absolute atomic E-state index is 12.8. The van der Waals surface area contributed by atoms with Crippen LogP contribution in [0.2, 0.25) is 0 Å². The van der Waals surface area contributed by atoms with Gasteiger partial charge < -0.3 is 29.9 Å². The lowest BCUT2D eigenvalue weighted by molar-refractivity contribution is -0.131. The van der Waals surface area contributed by atoms with Gasteiger partial charge in [-0.3, -0.25) is 9.59 Å². The number of anilines is 2. The molecule has 2 fully saturated rings. The van der Waals surface area contributed by atoms with Gasteiger partial charge in [0.1, 0.15) is 23.8 Å². The molecule has 0 spiro atoms. The van der Waals surface area contributed by atoms with Gasteiger partial charge >= 0.3 is 0 Å². The fourth-order valence-corrected chi connectivity index (χ4v) is 7.30. The van der Waals surface area contributed by atoms with Crippen molar-refractivity contribution in [2.75, 3.05) is 37.9 Å². The summed E-state index contributed by atoms with van der Waals surface area (Å²) in [5.41, 5.74) is 3.41. The second-order valence-electron chi connectivity index (χ2n) is 9.78. The largest absolute Gasteiger partial charge is 0.497 e. The minimum atomic E-state index is -0.456. The topological polar surface area (TPSA) is 83.1 Å². The van der Waals surface area contributed by atoms with E-state index in [1.807, 2.05) is 34.1 Å². The molecule has 0 bridgehead atoms.